The first-order chi connectivity index (χ1) is 57.2. The maximum absolute atomic E-state index is 13.6. The minimum atomic E-state index is -0.303. The Kier molecular flexibility index (Phi) is 44.1. The van der Waals surface area contributed by atoms with Gasteiger partial charge in [-0.05, 0) is 133 Å². The molecule has 0 aliphatic heterocycles. The highest BCUT2D eigenvalue weighted by molar-refractivity contribution is 7.57. The Morgan fingerprint density at radius 1 is 0.305 bits per heavy atom. The fourth-order valence-electron chi connectivity index (χ4n) is 10.9. The van der Waals surface area contributed by atoms with E-state index in [1.807, 2.05) is 116 Å². The molecule has 0 fully saturated rings. The molecule has 10 rings (SSSR count). The van der Waals surface area contributed by atoms with Crippen LogP contribution in [0.1, 0.15) is 59.7 Å². The van der Waals surface area contributed by atoms with Crippen LogP contribution in [0.4, 0.5) is 4.39 Å². The van der Waals surface area contributed by atoms with Gasteiger partial charge in [0.2, 0.25) is 0 Å². The zero-order valence-corrected chi connectivity index (χ0v) is 76.0. The summed E-state index contributed by atoms with van der Waals surface area (Å²) in [6.45, 7) is 11.4. The quantitative estimate of drug-likeness (QED) is 0.0203. The van der Waals surface area contributed by atoms with Gasteiger partial charge in [-0.3, -0.25) is 25.0 Å². The number of rotatable bonds is 36. The predicted octanol–water partition coefficient (Wildman–Crippen LogP) is 13.7. The highest BCUT2D eigenvalue weighted by atomic mass is 31.1. The molecular formula is C91H111FN5O16P5. The monoisotopic (exact) mass is 1700 g/mol. The van der Waals surface area contributed by atoms with Crippen molar-refractivity contribution in [2.45, 2.75) is 40.2 Å². The van der Waals surface area contributed by atoms with Crippen LogP contribution in [-0.4, -0.2) is 177 Å². The molecule has 0 N–H and O–H groups in total. The van der Waals surface area contributed by atoms with Crippen LogP contribution in [0.3, 0.4) is 0 Å². The molecule has 10 aromatic rings. The number of halogens is 1. The molecule has 0 aliphatic rings. The van der Waals surface area contributed by atoms with Crippen molar-refractivity contribution in [3.63, 3.8) is 0 Å². The van der Waals surface area contributed by atoms with E-state index >= 15 is 0 Å². The van der Waals surface area contributed by atoms with Crippen molar-refractivity contribution in [1.82, 2.24) is 0 Å². The maximum atomic E-state index is 13.6. The van der Waals surface area contributed by atoms with E-state index in [1.165, 1.54) is 49.8 Å². The van der Waals surface area contributed by atoms with Crippen molar-refractivity contribution in [3.8, 4) is 63.2 Å². The number of aliphatic imine (C=N–C) groups is 5. The SMILES string of the molecule is CN=Cc1cc(C)ccc1Pc1cc(OC)ccc1OCOC.CN=Cc1cc(F)ccc1Pc1cc(OC)cc(OC)c1OCOC.CN=Cc1cccc(C)c1Pc1cccc(OC)c1OCOC.CN=Cc1ccccc1Pc1cc(OC)cc(OC)c1OCOC.COCOc1ccccc1Pc1ccccc1C=NC(C)(C)C. The number of aryl methyl sites for hydroxylation is 2. The number of nitrogens with zero attached hydrogens (tertiary/aromatic N) is 5. The molecule has 0 spiro atoms. The molecule has 0 radical (unpaired) electrons. The van der Waals surface area contributed by atoms with Crippen LogP contribution in [0.2, 0.25) is 0 Å². The molecule has 0 saturated carbocycles. The second-order valence-electron chi connectivity index (χ2n) is 26.0. The summed E-state index contributed by atoms with van der Waals surface area (Å²) in [7, 11) is 26.6. The van der Waals surface area contributed by atoms with Gasteiger partial charge in [-0.15, -0.1) is 0 Å². The molecule has 628 valence electrons. The van der Waals surface area contributed by atoms with E-state index in [4.69, 9.17) is 75.8 Å². The summed E-state index contributed by atoms with van der Waals surface area (Å²) in [4.78, 5) is 21.1. The number of hydrogen-bond donors (Lipinski definition) is 0. The van der Waals surface area contributed by atoms with Gasteiger partial charge in [0.05, 0.1) is 48.2 Å². The van der Waals surface area contributed by atoms with Gasteiger partial charge in [0.15, 0.2) is 68.5 Å². The third-order valence-corrected chi connectivity index (χ3v) is 23.4. The van der Waals surface area contributed by atoms with Crippen molar-refractivity contribution in [1.29, 1.82) is 0 Å². The first kappa shape index (κ1) is 97.1. The number of methoxy groups -OCH3 is 11. The molecule has 0 aromatic heterocycles. The van der Waals surface area contributed by atoms with Crippen LogP contribution in [0, 0.1) is 19.7 Å². The van der Waals surface area contributed by atoms with E-state index in [0.29, 0.717) is 68.8 Å². The second-order valence-corrected chi connectivity index (χ2v) is 32.6. The fourth-order valence-corrected chi connectivity index (χ4v) is 17.2. The Morgan fingerprint density at radius 2 is 0.695 bits per heavy atom. The summed E-state index contributed by atoms with van der Waals surface area (Å²) in [6, 6.07) is 61.0. The molecule has 118 heavy (non-hydrogen) atoms. The Bertz CT molecular complexity index is 4880. The summed E-state index contributed by atoms with van der Waals surface area (Å²) in [5.41, 5.74) is 7.60. The third-order valence-electron chi connectivity index (χ3n) is 16.3. The van der Waals surface area contributed by atoms with Gasteiger partial charge >= 0.3 is 0 Å². The van der Waals surface area contributed by atoms with Crippen molar-refractivity contribution < 1.29 is 80.2 Å². The van der Waals surface area contributed by atoms with E-state index < -0.39 is 0 Å². The van der Waals surface area contributed by atoms with E-state index in [1.54, 1.807) is 131 Å². The third kappa shape index (κ3) is 31.8. The van der Waals surface area contributed by atoms with Gasteiger partial charge in [-0.2, -0.15) is 0 Å². The number of ether oxygens (including phenoxy) is 16. The topological polar surface area (TPSA) is 209 Å². The largest absolute Gasteiger partial charge is 0.497 e. The zero-order valence-electron chi connectivity index (χ0n) is 71.0. The van der Waals surface area contributed by atoms with Crippen molar-refractivity contribution in [2.24, 2.45) is 25.0 Å². The van der Waals surface area contributed by atoms with E-state index in [-0.39, 0.29) is 53.9 Å². The van der Waals surface area contributed by atoms with Crippen LogP contribution >= 0.6 is 42.9 Å². The summed E-state index contributed by atoms with van der Waals surface area (Å²) in [5, 5.41) is 11.0. The van der Waals surface area contributed by atoms with Crippen molar-refractivity contribution in [3.05, 3.63) is 233 Å². The second kappa shape index (κ2) is 53.6. The van der Waals surface area contributed by atoms with E-state index in [0.717, 1.165) is 83.1 Å². The van der Waals surface area contributed by atoms with E-state index in [9.17, 15) is 4.39 Å². The highest BCUT2D eigenvalue weighted by Crippen LogP contribution is 2.37. The van der Waals surface area contributed by atoms with Crippen LogP contribution in [0.5, 0.6) is 63.2 Å². The molecular weight excluding hydrogens is 1590 g/mol. The van der Waals surface area contributed by atoms with Crippen LogP contribution in [-0.2, 0) is 23.7 Å². The molecule has 27 heteroatoms. The molecule has 5 atom stereocenters. The summed E-state index contributed by atoms with van der Waals surface area (Å²) >= 11 is 0. The lowest BCUT2D eigenvalue weighted by Crippen LogP contribution is -2.15. The van der Waals surface area contributed by atoms with Crippen molar-refractivity contribution >= 4 is 127 Å². The first-order valence-electron chi connectivity index (χ1n) is 37.1. The predicted molar refractivity (Wildman–Crippen MR) is 495 cm³/mol. The molecule has 0 bridgehead atoms. The first-order valence-corrected chi connectivity index (χ1v) is 42.1. The minimum Gasteiger partial charge on any atom is -0.497 e. The maximum Gasteiger partial charge on any atom is 0.188 e. The fraction of sp³-hybridized carbons (Fsp3) is 0.286. The summed E-state index contributed by atoms with van der Waals surface area (Å²) < 4.78 is 99.6. The highest BCUT2D eigenvalue weighted by Gasteiger charge is 2.20. The number of hydrogen-bond acceptors (Lipinski definition) is 21. The summed E-state index contributed by atoms with van der Waals surface area (Å²) in [5.74, 6) is 7.43. The minimum absolute atomic E-state index is 0.0737. The number of para-hydroxylation sites is 2. The smallest absolute Gasteiger partial charge is 0.188 e. The molecule has 21 nitrogen and oxygen atoms in total. The zero-order chi connectivity index (χ0) is 85.6. The van der Waals surface area contributed by atoms with Crippen LogP contribution in [0.25, 0.3) is 0 Å². The Morgan fingerprint density at radius 3 is 1.20 bits per heavy atom. The van der Waals surface area contributed by atoms with Crippen LogP contribution < -0.4 is 105 Å². The Hall–Kier alpha value is -9.77. The van der Waals surface area contributed by atoms with Gasteiger partial charge in [-0.1, -0.05) is 164 Å². The average Bonchev–Trinajstić information content (AvgIpc) is 0.821. The van der Waals surface area contributed by atoms with Gasteiger partial charge < -0.3 is 75.8 Å². The molecule has 10 aromatic carbocycles. The van der Waals surface area contributed by atoms with Crippen LogP contribution in [0.15, 0.2) is 213 Å². The van der Waals surface area contributed by atoms with Gasteiger partial charge in [-0.25, -0.2) is 4.39 Å². The molecule has 0 saturated heterocycles. The van der Waals surface area contributed by atoms with Gasteiger partial charge in [0, 0.05) is 156 Å². The van der Waals surface area contributed by atoms with E-state index in [2.05, 4.69) is 126 Å². The normalized spacial score (nSPS) is 11.6. The molecule has 5 unspecified atom stereocenters. The Labute approximate surface area is 704 Å². The lowest BCUT2D eigenvalue weighted by molar-refractivity contribution is 0.0498. The molecule has 0 heterocycles. The Balaban J connectivity index is 0.000000229. The number of benzene rings is 10. The van der Waals surface area contributed by atoms with Crippen molar-refractivity contribution in [2.75, 3.05) is 140 Å². The molecule has 0 aliphatic carbocycles. The van der Waals surface area contributed by atoms with Gasteiger partial charge in [0.25, 0.3) is 0 Å². The average molecular weight is 1700 g/mol. The summed E-state index contributed by atoms with van der Waals surface area (Å²) in [6.07, 6.45) is 9.26. The lowest BCUT2D eigenvalue weighted by atomic mass is 10.1. The van der Waals surface area contributed by atoms with Gasteiger partial charge in [0.1, 0.15) is 34.6 Å². The lowest BCUT2D eigenvalue weighted by Gasteiger charge is -2.17. The standard InChI is InChI=1S/C19H24NO2P.C18H21FNO4P.C18H22NO4P.2C18H22NO3P/c1-19(2,3)20-13-15-9-5-7-11-17(15)23-18-12-8-6-10-16(18)22-14-21-4;1-20-10-12-7-13(19)5-6-16(12)25-17-9-14(22-3)8-15(23-4)18(17)24-11-21-2;1-19-11-13-7-5-6-8-16(13)24-17-10-14(21-3)9-15(22-4)18(17)23-12-20-2;1-13-5-8-17(14(9-13)11-19-2)23-18-10-15(21-4)6-7-16(18)22-12-20-3;1-13-7-5-8-14(11-19-2)18(13)23-16-10-6-9-15(21-4)17(16)22-12-20-3/h5-13,23H,14H2,1-4H3;5-10,25H,11H2,1-4H3;5-11,24H,12H2,1-4H3;2*5-11,23H,12H2,1-4H3. The molecule has 0 amide bonds.